The summed E-state index contributed by atoms with van der Waals surface area (Å²) < 4.78 is 28.0. The molecule has 1 aliphatic carbocycles. The van der Waals surface area contributed by atoms with Crippen molar-refractivity contribution in [3.63, 3.8) is 0 Å². The van der Waals surface area contributed by atoms with Gasteiger partial charge in [-0.2, -0.15) is 8.42 Å². The Bertz CT molecular complexity index is 722. The highest BCUT2D eigenvalue weighted by Crippen LogP contribution is 2.27. The molecule has 3 rings (SSSR count). The van der Waals surface area contributed by atoms with Gasteiger partial charge in [-0.3, -0.25) is 4.79 Å². The number of carbonyl (C=O) groups excluding carboxylic acids is 1. The summed E-state index contributed by atoms with van der Waals surface area (Å²) in [6.45, 7) is 0. The number of hydrogen-bond donors (Lipinski definition) is 2. The van der Waals surface area contributed by atoms with Gasteiger partial charge in [-0.25, -0.2) is 0 Å². The van der Waals surface area contributed by atoms with Crippen molar-refractivity contribution in [2.45, 2.75) is 55.9 Å². The minimum Gasteiger partial charge on any atom is -0.353 e. The number of nitrogens with one attached hydrogen (secondary N) is 2. The molecule has 2 N–H and O–H groups in total. The van der Waals surface area contributed by atoms with Crippen molar-refractivity contribution in [2.24, 2.45) is 4.40 Å². The van der Waals surface area contributed by atoms with Crippen LogP contribution in [0.25, 0.3) is 0 Å². The molecule has 23 heavy (non-hydrogen) atoms. The van der Waals surface area contributed by atoms with E-state index in [-0.39, 0.29) is 10.8 Å². The van der Waals surface area contributed by atoms with Gasteiger partial charge in [0.15, 0.2) is 0 Å². The maximum atomic E-state index is 12.1. The summed E-state index contributed by atoms with van der Waals surface area (Å²) in [7, 11) is -3.64. The number of hydrogen-bond acceptors (Lipinski definition) is 4. The van der Waals surface area contributed by atoms with E-state index in [4.69, 9.17) is 0 Å². The van der Waals surface area contributed by atoms with Crippen molar-refractivity contribution in [2.75, 3.05) is 5.32 Å². The van der Waals surface area contributed by atoms with Crippen LogP contribution < -0.4 is 10.6 Å². The summed E-state index contributed by atoms with van der Waals surface area (Å²) in [5.74, 6) is 0.439. The van der Waals surface area contributed by atoms with Crippen LogP contribution in [0.3, 0.4) is 0 Å². The van der Waals surface area contributed by atoms with Crippen LogP contribution in [0.1, 0.15) is 44.9 Å². The highest BCUT2D eigenvalue weighted by Gasteiger charge is 2.24. The van der Waals surface area contributed by atoms with E-state index in [1.54, 1.807) is 18.2 Å². The van der Waals surface area contributed by atoms with Gasteiger partial charge in [0.05, 0.1) is 5.69 Å². The average Bonchev–Trinajstić information content (AvgIpc) is 2.99. The Morgan fingerprint density at radius 3 is 2.78 bits per heavy atom. The molecule has 1 aromatic carbocycles. The number of rotatable bonds is 5. The Morgan fingerprint density at radius 2 is 2.00 bits per heavy atom. The van der Waals surface area contributed by atoms with Gasteiger partial charge in [-0.15, -0.1) is 4.40 Å². The van der Waals surface area contributed by atoms with Crippen LogP contribution >= 0.6 is 0 Å². The minimum absolute atomic E-state index is 0.0385. The largest absolute Gasteiger partial charge is 0.353 e. The molecule has 0 unspecified atom stereocenters. The smallest absolute Gasteiger partial charge is 0.286 e. The maximum absolute atomic E-state index is 12.1. The molecule has 6 nitrogen and oxygen atoms in total. The third kappa shape index (κ3) is 3.90. The lowest BCUT2D eigenvalue weighted by molar-refractivity contribution is -0.121. The highest BCUT2D eigenvalue weighted by molar-refractivity contribution is 7.90. The van der Waals surface area contributed by atoms with Gasteiger partial charge in [0.25, 0.3) is 10.0 Å². The van der Waals surface area contributed by atoms with E-state index in [1.165, 1.54) is 18.9 Å². The number of anilines is 1. The average molecular weight is 335 g/mol. The second-order valence-corrected chi connectivity index (χ2v) is 7.61. The third-order valence-corrected chi connectivity index (χ3v) is 5.58. The highest BCUT2D eigenvalue weighted by atomic mass is 32.2. The third-order valence-electron chi connectivity index (χ3n) is 4.21. The second-order valence-electron chi connectivity index (χ2n) is 6.04. The van der Waals surface area contributed by atoms with E-state index >= 15 is 0 Å². The van der Waals surface area contributed by atoms with E-state index in [2.05, 4.69) is 15.0 Å². The molecule has 0 atom stereocenters. The summed E-state index contributed by atoms with van der Waals surface area (Å²) in [5.41, 5.74) is 0.549. The number of nitrogens with zero attached hydrogens (tertiary/aromatic N) is 1. The van der Waals surface area contributed by atoms with Crippen LogP contribution in [0, 0.1) is 0 Å². The van der Waals surface area contributed by atoms with Gasteiger partial charge in [-0.05, 0) is 31.4 Å². The Labute approximate surface area is 136 Å². The number of fused-ring (bicyclic) bond motifs is 1. The molecule has 0 bridgehead atoms. The van der Waals surface area contributed by atoms with E-state index in [0.29, 0.717) is 36.8 Å². The van der Waals surface area contributed by atoms with E-state index < -0.39 is 10.0 Å². The summed E-state index contributed by atoms with van der Waals surface area (Å²) in [5, 5.41) is 6.07. The van der Waals surface area contributed by atoms with Crippen molar-refractivity contribution < 1.29 is 13.2 Å². The van der Waals surface area contributed by atoms with Crippen LogP contribution in [0.4, 0.5) is 5.69 Å². The lowest BCUT2D eigenvalue weighted by atomic mass is 10.2. The molecular formula is C16H21N3O3S. The summed E-state index contributed by atoms with van der Waals surface area (Å²) >= 11 is 0. The molecule has 0 spiro atoms. The monoisotopic (exact) mass is 335 g/mol. The van der Waals surface area contributed by atoms with Crippen molar-refractivity contribution in [1.29, 1.82) is 0 Å². The van der Waals surface area contributed by atoms with E-state index in [0.717, 1.165) is 12.8 Å². The number of sulfonamides is 1. The summed E-state index contributed by atoms with van der Waals surface area (Å²) in [6, 6.07) is 7.02. The van der Waals surface area contributed by atoms with Crippen LogP contribution in [0.2, 0.25) is 0 Å². The zero-order valence-electron chi connectivity index (χ0n) is 12.9. The molecule has 1 aromatic rings. The number of carbonyl (C=O) groups is 1. The van der Waals surface area contributed by atoms with Crippen LogP contribution in [0.15, 0.2) is 33.6 Å². The topological polar surface area (TPSA) is 87.6 Å². The Balaban J connectivity index is 1.53. The molecule has 0 saturated heterocycles. The van der Waals surface area contributed by atoms with Gasteiger partial charge in [0.2, 0.25) is 5.91 Å². The van der Waals surface area contributed by atoms with Crippen molar-refractivity contribution >= 4 is 27.5 Å². The fraction of sp³-hybridized carbons (Fsp3) is 0.500. The number of para-hydroxylation sites is 1. The molecule has 1 aliphatic heterocycles. The van der Waals surface area contributed by atoms with Gasteiger partial charge < -0.3 is 10.6 Å². The molecule has 0 aromatic heterocycles. The first-order valence-electron chi connectivity index (χ1n) is 8.04. The number of amides is 1. The van der Waals surface area contributed by atoms with Crippen molar-refractivity contribution in [3.8, 4) is 0 Å². The maximum Gasteiger partial charge on any atom is 0.286 e. The van der Waals surface area contributed by atoms with Crippen LogP contribution in [-0.4, -0.2) is 26.2 Å². The van der Waals surface area contributed by atoms with Crippen molar-refractivity contribution in [3.05, 3.63) is 24.3 Å². The molecule has 1 fully saturated rings. The summed E-state index contributed by atoms with van der Waals surface area (Å²) in [4.78, 5) is 12.1. The predicted octanol–water partition coefficient (Wildman–Crippen LogP) is 2.43. The zero-order chi connectivity index (χ0) is 16.3. The van der Waals surface area contributed by atoms with Crippen LogP contribution in [-0.2, 0) is 14.8 Å². The molecular weight excluding hydrogens is 314 g/mol. The minimum atomic E-state index is -3.64. The number of benzene rings is 1. The second kappa shape index (κ2) is 6.70. The zero-order valence-corrected chi connectivity index (χ0v) is 13.7. The molecule has 1 amide bonds. The molecule has 0 radical (unpaired) electrons. The van der Waals surface area contributed by atoms with Gasteiger partial charge in [0.1, 0.15) is 10.7 Å². The van der Waals surface area contributed by atoms with Crippen LogP contribution in [0.5, 0.6) is 0 Å². The fourth-order valence-corrected chi connectivity index (χ4v) is 4.23. The molecule has 1 heterocycles. The van der Waals surface area contributed by atoms with E-state index in [9.17, 15) is 13.2 Å². The lowest BCUT2D eigenvalue weighted by Gasteiger charge is -2.18. The molecule has 7 heteroatoms. The number of amidine groups is 1. The first kappa shape index (κ1) is 16.0. The molecule has 124 valence electrons. The predicted molar refractivity (Wildman–Crippen MR) is 88.9 cm³/mol. The fourth-order valence-electron chi connectivity index (χ4n) is 3.06. The lowest BCUT2D eigenvalue weighted by Crippen LogP contribution is -2.32. The Morgan fingerprint density at radius 1 is 1.26 bits per heavy atom. The molecule has 2 aliphatic rings. The Kier molecular flexibility index (Phi) is 4.66. The molecule has 1 saturated carbocycles. The van der Waals surface area contributed by atoms with Gasteiger partial charge in [-0.1, -0.05) is 25.0 Å². The first-order valence-corrected chi connectivity index (χ1v) is 9.48. The normalized spacial score (nSPS) is 19.6. The van der Waals surface area contributed by atoms with Crippen molar-refractivity contribution in [1.82, 2.24) is 5.32 Å². The van der Waals surface area contributed by atoms with Gasteiger partial charge >= 0.3 is 0 Å². The first-order chi connectivity index (χ1) is 11.0. The quantitative estimate of drug-likeness (QED) is 0.865. The SMILES string of the molecule is O=C(CCCC1=NS(=O)(=O)c2ccccc2N1)NC1CCCC1. The van der Waals surface area contributed by atoms with E-state index in [1.807, 2.05) is 0 Å². The summed E-state index contributed by atoms with van der Waals surface area (Å²) in [6.07, 6.45) is 5.89. The Hall–Kier alpha value is -1.89. The van der Waals surface area contributed by atoms with Gasteiger partial charge in [0, 0.05) is 18.9 Å². The standard InChI is InChI=1S/C16H21N3O3S/c20-16(17-12-6-1-2-7-12)11-5-10-15-18-13-8-3-4-9-14(13)23(21,22)19-15/h3-4,8-9,12H,1-2,5-7,10-11H2,(H,17,20)(H,18,19).